The molecule has 5 heteroatoms. The number of amides is 1. The number of benzene rings is 1. The molecule has 1 heterocycles. The molecule has 1 atom stereocenters. The van der Waals surface area contributed by atoms with E-state index in [0.29, 0.717) is 13.1 Å². The number of hydrogen-bond acceptors (Lipinski definition) is 4. The van der Waals surface area contributed by atoms with E-state index in [4.69, 9.17) is 5.73 Å². The Balaban J connectivity index is 1.91. The van der Waals surface area contributed by atoms with E-state index < -0.39 is 0 Å². The second kappa shape index (κ2) is 7.54. The molecule has 3 N–H and O–H groups in total. The molecule has 1 aliphatic heterocycles. The molecular formula is C16H26N4O. The fourth-order valence-electron chi connectivity index (χ4n) is 2.73. The summed E-state index contributed by atoms with van der Waals surface area (Å²) >= 11 is 0. The minimum atomic E-state index is 0.0336. The molecule has 1 aromatic rings. The fraction of sp³-hybridized carbons (Fsp3) is 0.562. The Morgan fingerprint density at radius 2 is 2.24 bits per heavy atom. The van der Waals surface area contributed by atoms with Gasteiger partial charge in [-0.25, -0.2) is 0 Å². The Morgan fingerprint density at radius 1 is 1.43 bits per heavy atom. The van der Waals surface area contributed by atoms with Gasteiger partial charge in [-0.2, -0.15) is 0 Å². The number of likely N-dealkylation sites (N-methyl/N-ethyl adjacent to an activating group) is 1. The first-order valence-electron chi connectivity index (χ1n) is 7.63. The molecule has 1 amide bonds. The van der Waals surface area contributed by atoms with Gasteiger partial charge >= 0.3 is 0 Å². The van der Waals surface area contributed by atoms with Gasteiger partial charge in [-0.3, -0.25) is 9.69 Å². The molecule has 1 saturated heterocycles. The van der Waals surface area contributed by atoms with Crippen molar-refractivity contribution in [2.24, 2.45) is 5.73 Å². The number of nitrogens with two attached hydrogens (primary N) is 1. The van der Waals surface area contributed by atoms with Crippen LogP contribution >= 0.6 is 0 Å². The highest BCUT2D eigenvalue weighted by atomic mass is 16.2. The maximum absolute atomic E-state index is 12.2. The molecule has 1 fully saturated rings. The van der Waals surface area contributed by atoms with Crippen LogP contribution < -0.4 is 11.1 Å². The molecule has 2 rings (SSSR count). The molecule has 0 spiro atoms. The first-order chi connectivity index (χ1) is 10.1. The summed E-state index contributed by atoms with van der Waals surface area (Å²) in [4.78, 5) is 16.7. The van der Waals surface area contributed by atoms with Crippen LogP contribution in [0.2, 0.25) is 0 Å². The molecule has 0 saturated carbocycles. The smallest absolute Gasteiger partial charge is 0.238 e. The molecule has 116 valence electrons. The van der Waals surface area contributed by atoms with E-state index in [1.165, 1.54) is 5.56 Å². The van der Waals surface area contributed by atoms with E-state index >= 15 is 0 Å². The zero-order valence-corrected chi connectivity index (χ0v) is 13.0. The Bertz CT molecular complexity index is 477. The van der Waals surface area contributed by atoms with E-state index in [-0.39, 0.29) is 11.9 Å². The van der Waals surface area contributed by atoms with Gasteiger partial charge < -0.3 is 16.0 Å². The lowest BCUT2D eigenvalue weighted by atomic mass is 10.1. The van der Waals surface area contributed by atoms with E-state index in [1.54, 1.807) is 0 Å². The highest BCUT2D eigenvalue weighted by Crippen LogP contribution is 2.12. The summed E-state index contributed by atoms with van der Waals surface area (Å²) in [5.74, 6) is 0.0336. The first-order valence-corrected chi connectivity index (χ1v) is 7.63. The van der Waals surface area contributed by atoms with Crippen molar-refractivity contribution in [3.8, 4) is 0 Å². The van der Waals surface area contributed by atoms with Crippen LogP contribution in [0.3, 0.4) is 0 Å². The van der Waals surface area contributed by atoms with E-state index in [1.807, 2.05) is 18.2 Å². The Kier molecular flexibility index (Phi) is 5.73. The zero-order valence-electron chi connectivity index (χ0n) is 13.0. The Morgan fingerprint density at radius 3 is 2.95 bits per heavy atom. The molecule has 0 aromatic heterocycles. The van der Waals surface area contributed by atoms with Crippen molar-refractivity contribution < 1.29 is 4.79 Å². The van der Waals surface area contributed by atoms with E-state index in [2.05, 4.69) is 35.2 Å². The van der Waals surface area contributed by atoms with Gasteiger partial charge in [0, 0.05) is 37.9 Å². The van der Waals surface area contributed by atoms with Crippen LogP contribution in [-0.2, 0) is 11.2 Å². The van der Waals surface area contributed by atoms with Crippen molar-refractivity contribution in [1.82, 2.24) is 9.80 Å². The van der Waals surface area contributed by atoms with Crippen LogP contribution in [0, 0.1) is 0 Å². The minimum Gasteiger partial charge on any atom is -0.329 e. The number of hydrogen-bond donors (Lipinski definition) is 2. The number of nitrogens with one attached hydrogen (secondary N) is 1. The Hall–Kier alpha value is -1.43. The summed E-state index contributed by atoms with van der Waals surface area (Å²) in [7, 11) is 2.09. The summed E-state index contributed by atoms with van der Waals surface area (Å²) in [5.41, 5.74) is 7.92. The third-order valence-electron chi connectivity index (χ3n) is 4.05. The summed E-state index contributed by atoms with van der Waals surface area (Å²) in [6.07, 6.45) is 0.970. The lowest BCUT2D eigenvalue weighted by Crippen LogP contribution is -2.56. The van der Waals surface area contributed by atoms with Gasteiger partial charge in [-0.1, -0.05) is 19.1 Å². The van der Waals surface area contributed by atoms with Crippen molar-refractivity contribution in [1.29, 1.82) is 0 Å². The molecule has 1 unspecified atom stereocenters. The van der Waals surface area contributed by atoms with Crippen molar-refractivity contribution in [3.05, 3.63) is 29.8 Å². The van der Waals surface area contributed by atoms with E-state index in [0.717, 1.165) is 31.7 Å². The lowest BCUT2D eigenvalue weighted by Gasteiger charge is -2.39. The minimum absolute atomic E-state index is 0.0336. The summed E-state index contributed by atoms with van der Waals surface area (Å²) in [6, 6.07) is 8.27. The van der Waals surface area contributed by atoms with Gasteiger partial charge in [0.2, 0.25) is 5.91 Å². The van der Waals surface area contributed by atoms with Gasteiger partial charge in [0.15, 0.2) is 0 Å². The first kappa shape index (κ1) is 15.9. The average Bonchev–Trinajstić information content (AvgIpc) is 2.49. The third kappa shape index (κ3) is 4.52. The van der Waals surface area contributed by atoms with Crippen LogP contribution in [0.15, 0.2) is 24.3 Å². The summed E-state index contributed by atoms with van der Waals surface area (Å²) in [5, 5.41) is 2.98. The Labute approximate surface area is 127 Å². The topological polar surface area (TPSA) is 61.6 Å². The van der Waals surface area contributed by atoms with E-state index in [9.17, 15) is 4.79 Å². The number of aryl methyl sites for hydroxylation is 1. The van der Waals surface area contributed by atoms with Gasteiger partial charge in [0.1, 0.15) is 0 Å². The van der Waals surface area contributed by atoms with Crippen LogP contribution in [0.1, 0.15) is 12.5 Å². The highest BCUT2D eigenvalue weighted by molar-refractivity contribution is 5.92. The van der Waals surface area contributed by atoms with Gasteiger partial charge in [0.05, 0.1) is 6.54 Å². The standard InChI is InChI=1S/C16H26N4O/c1-3-13-5-4-6-14(9-13)18-16(21)12-20-8-7-19(2)11-15(20)10-17/h4-6,9,15H,3,7-8,10-12,17H2,1-2H3,(H,18,21). The van der Waals surface area contributed by atoms with Crippen molar-refractivity contribution in [3.63, 3.8) is 0 Å². The van der Waals surface area contributed by atoms with Gasteiger partial charge in [0.25, 0.3) is 0 Å². The van der Waals surface area contributed by atoms with Gasteiger partial charge in [-0.15, -0.1) is 0 Å². The van der Waals surface area contributed by atoms with Crippen LogP contribution in [0.5, 0.6) is 0 Å². The van der Waals surface area contributed by atoms with Crippen LogP contribution in [-0.4, -0.2) is 61.5 Å². The third-order valence-corrected chi connectivity index (χ3v) is 4.05. The molecule has 5 nitrogen and oxygen atoms in total. The summed E-state index contributed by atoms with van der Waals surface area (Å²) < 4.78 is 0. The monoisotopic (exact) mass is 290 g/mol. The second-order valence-electron chi connectivity index (χ2n) is 5.72. The predicted molar refractivity (Wildman–Crippen MR) is 86.4 cm³/mol. The van der Waals surface area contributed by atoms with Crippen molar-refractivity contribution in [2.45, 2.75) is 19.4 Å². The number of piperazine rings is 1. The zero-order chi connectivity index (χ0) is 15.2. The van der Waals surface area contributed by atoms with Crippen LogP contribution in [0.4, 0.5) is 5.69 Å². The molecule has 1 aliphatic rings. The number of rotatable bonds is 5. The number of nitrogens with zero attached hydrogens (tertiary/aromatic N) is 2. The van der Waals surface area contributed by atoms with Crippen LogP contribution in [0.25, 0.3) is 0 Å². The normalized spacial score (nSPS) is 20.4. The van der Waals surface area contributed by atoms with Gasteiger partial charge in [-0.05, 0) is 31.2 Å². The maximum Gasteiger partial charge on any atom is 0.238 e. The molecule has 0 bridgehead atoms. The summed E-state index contributed by atoms with van der Waals surface area (Å²) in [6.45, 7) is 5.90. The maximum atomic E-state index is 12.2. The average molecular weight is 290 g/mol. The largest absolute Gasteiger partial charge is 0.329 e. The molecule has 0 radical (unpaired) electrons. The quantitative estimate of drug-likeness (QED) is 0.840. The molecular weight excluding hydrogens is 264 g/mol. The molecule has 0 aliphatic carbocycles. The fourth-order valence-corrected chi connectivity index (χ4v) is 2.73. The lowest BCUT2D eigenvalue weighted by molar-refractivity contribution is -0.118. The SMILES string of the molecule is CCc1cccc(NC(=O)CN2CCN(C)CC2CN)c1. The number of anilines is 1. The number of carbonyl (C=O) groups is 1. The van der Waals surface area contributed by atoms with Crippen molar-refractivity contribution >= 4 is 11.6 Å². The van der Waals surface area contributed by atoms with Crippen molar-refractivity contribution in [2.75, 3.05) is 45.1 Å². The highest BCUT2D eigenvalue weighted by Gasteiger charge is 2.25. The molecule has 21 heavy (non-hydrogen) atoms. The molecule has 1 aromatic carbocycles. The second-order valence-corrected chi connectivity index (χ2v) is 5.72. The predicted octanol–water partition coefficient (Wildman–Crippen LogP) is 0.762. The number of carbonyl (C=O) groups excluding carboxylic acids is 1.